The van der Waals surface area contributed by atoms with Crippen LogP contribution in [0.1, 0.15) is 19.3 Å². The highest BCUT2D eigenvalue weighted by atomic mass is 16.1. The van der Waals surface area contributed by atoms with Crippen molar-refractivity contribution in [2.45, 2.75) is 25.3 Å². The first-order valence-corrected chi connectivity index (χ1v) is 4.27. The van der Waals surface area contributed by atoms with E-state index in [-0.39, 0.29) is 24.9 Å². The predicted octanol–water partition coefficient (Wildman–Crippen LogP) is 0.457. The third-order valence-corrected chi connectivity index (χ3v) is 2.28. The van der Waals surface area contributed by atoms with Gasteiger partial charge >= 0.3 is 0 Å². The fourth-order valence-electron chi connectivity index (χ4n) is 1.60. The Hall–Kier alpha value is -1.39. The van der Waals surface area contributed by atoms with Crippen LogP contribution in [0.5, 0.6) is 0 Å². The first-order chi connectivity index (χ1) is 6.27. The highest BCUT2D eigenvalue weighted by Crippen LogP contribution is 2.19. The molecule has 0 N–H and O–H groups in total. The van der Waals surface area contributed by atoms with Gasteiger partial charge in [0.2, 0.25) is 0 Å². The molecule has 0 aromatic carbocycles. The fraction of sp³-hybridized carbons (Fsp3) is 0.667. The van der Waals surface area contributed by atoms with E-state index in [0.717, 1.165) is 6.42 Å². The van der Waals surface area contributed by atoms with E-state index in [1.54, 1.807) is 4.90 Å². The Bertz CT molecular complexity index is 258. The second-order valence-electron chi connectivity index (χ2n) is 3.16. The molecule has 1 fully saturated rings. The van der Waals surface area contributed by atoms with E-state index in [0.29, 0.717) is 12.8 Å². The van der Waals surface area contributed by atoms with Crippen LogP contribution in [0.25, 0.3) is 0 Å². The molecule has 1 aliphatic carbocycles. The van der Waals surface area contributed by atoms with Gasteiger partial charge in [-0.3, -0.25) is 9.69 Å². The lowest BCUT2D eigenvalue weighted by Crippen LogP contribution is -2.34. The van der Waals surface area contributed by atoms with Crippen molar-refractivity contribution in [2.75, 3.05) is 13.1 Å². The number of Topliss-reactive ketones (excluding diaryl/α,β-unsaturated/α-hetero) is 1. The lowest BCUT2D eigenvalue weighted by Gasteiger charge is -2.21. The SMILES string of the molecule is N#CCN(CC#N)C1CCC(=O)C1. The molecule has 4 nitrogen and oxygen atoms in total. The van der Waals surface area contributed by atoms with Crippen molar-refractivity contribution in [3.05, 3.63) is 0 Å². The Morgan fingerprint density at radius 2 is 2.00 bits per heavy atom. The van der Waals surface area contributed by atoms with Gasteiger partial charge in [0.15, 0.2) is 0 Å². The van der Waals surface area contributed by atoms with E-state index in [1.165, 1.54) is 0 Å². The van der Waals surface area contributed by atoms with Gasteiger partial charge in [0.25, 0.3) is 0 Å². The summed E-state index contributed by atoms with van der Waals surface area (Å²) in [5.74, 6) is 0.242. The minimum atomic E-state index is 0.117. The molecule has 0 heterocycles. The van der Waals surface area contributed by atoms with Crippen molar-refractivity contribution < 1.29 is 4.79 Å². The summed E-state index contributed by atoms with van der Waals surface area (Å²) in [6.07, 6.45) is 1.89. The second kappa shape index (κ2) is 4.59. The minimum absolute atomic E-state index is 0.117. The molecule has 0 aromatic heterocycles. The van der Waals surface area contributed by atoms with Crippen molar-refractivity contribution >= 4 is 5.78 Å². The molecule has 0 bridgehead atoms. The lowest BCUT2D eigenvalue weighted by molar-refractivity contribution is -0.117. The van der Waals surface area contributed by atoms with Gasteiger partial charge in [-0.05, 0) is 6.42 Å². The number of nitriles is 2. The predicted molar refractivity (Wildman–Crippen MR) is 45.4 cm³/mol. The Labute approximate surface area is 77.4 Å². The van der Waals surface area contributed by atoms with Crippen LogP contribution in [0.2, 0.25) is 0 Å². The standard InChI is InChI=1S/C9H11N3O/c10-3-5-12(6-4-11)8-1-2-9(13)7-8/h8H,1-2,5-7H2. The van der Waals surface area contributed by atoms with E-state index in [1.807, 2.05) is 12.1 Å². The zero-order chi connectivity index (χ0) is 9.68. The van der Waals surface area contributed by atoms with Crippen molar-refractivity contribution in [2.24, 2.45) is 0 Å². The number of carbonyl (C=O) groups is 1. The van der Waals surface area contributed by atoms with Crippen LogP contribution < -0.4 is 0 Å². The monoisotopic (exact) mass is 177 g/mol. The highest BCUT2D eigenvalue weighted by Gasteiger charge is 2.27. The molecule has 68 valence electrons. The molecule has 0 saturated heterocycles. The molecule has 1 atom stereocenters. The maximum absolute atomic E-state index is 11.0. The molecule has 0 aliphatic heterocycles. The van der Waals surface area contributed by atoms with Gasteiger partial charge in [-0.1, -0.05) is 0 Å². The maximum Gasteiger partial charge on any atom is 0.134 e. The van der Waals surface area contributed by atoms with Crippen LogP contribution in [-0.2, 0) is 4.79 Å². The van der Waals surface area contributed by atoms with Crippen LogP contribution in [0.3, 0.4) is 0 Å². The summed E-state index contributed by atoms with van der Waals surface area (Å²) in [6, 6.07) is 4.13. The lowest BCUT2D eigenvalue weighted by atomic mass is 10.2. The fourth-order valence-corrected chi connectivity index (χ4v) is 1.60. The Morgan fingerprint density at radius 3 is 2.38 bits per heavy atom. The van der Waals surface area contributed by atoms with Gasteiger partial charge in [0.1, 0.15) is 5.78 Å². The van der Waals surface area contributed by atoms with E-state index in [4.69, 9.17) is 10.5 Å². The molecule has 1 saturated carbocycles. The highest BCUT2D eigenvalue weighted by molar-refractivity contribution is 5.81. The van der Waals surface area contributed by atoms with E-state index in [2.05, 4.69) is 0 Å². The number of carbonyl (C=O) groups excluding carboxylic acids is 1. The largest absolute Gasteiger partial charge is 0.300 e. The van der Waals surface area contributed by atoms with Gasteiger partial charge in [-0.2, -0.15) is 10.5 Å². The quantitative estimate of drug-likeness (QED) is 0.587. The number of hydrogen-bond donors (Lipinski definition) is 0. The number of hydrogen-bond acceptors (Lipinski definition) is 4. The van der Waals surface area contributed by atoms with Crippen molar-refractivity contribution in [3.63, 3.8) is 0 Å². The zero-order valence-electron chi connectivity index (χ0n) is 7.36. The van der Waals surface area contributed by atoms with Gasteiger partial charge in [0.05, 0.1) is 25.2 Å². The molecule has 4 heteroatoms. The molecule has 0 aromatic rings. The summed E-state index contributed by atoms with van der Waals surface area (Å²) in [4.78, 5) is 12.7. The van der Waals surface area contributed by atoms with Crippen LogP contribution in [-0.4, -0.2) is 29.8 Å². The molecule has 0 amide bonds. The molecule has 1 aliphatic rings. The van der Waals surface area contributed by atoms with E-state index >= 15 is 0 Å². The molecule has 1 unspecified atom stereocenters. The summed E-state index contributed by atoms with van der Waals surface area (Å²) in [7, 11) is 0. The topological polar surface area (TPSA) is 67.9 Å². The van der Waals surface area contributed by atoms with Gasteiger partial charge < -0.3 is 0 Å². The van der Waals surface area contributed by atoms with Gasteiger partial charge in [-0.25, -0.2) is 0 Å². The summed E-state index contributed by atoms with van der Waals surface area (Å²) in [5, 5.41) is 17.0. The molecule has 13 heavy (non-hydrogen) atoms. The van der Waals surface area contributed by atoms with Crippen LogP contribution in [0.15, 0.2) is 0 Å². The van der Waals surface area contributed by atoms with Crippen LogP contribution in [0, 0.1) is 22.7 Å². The van der Waals surface area contributed by atoms with Gasteiger partial charge in [-0.15, -0.1) is 0 Å². The molecular weight excluding hydrogens is 166 g/mol. The summed E-state index contributed by atoms with van der Waals surface area (Å²) in [5.41, 5.74) is 0. The number of nitrogens with zero attached hydrogens (tertiary/aromatic N) is 3. The number of rotatable bonds is 3. The summed E-state index contributed by atoms with van der Waals surface area (Å²) >= 11 is 0. The van der Waals surface area contributed by atoms with Gasteiger partial charge in [0, 0.05) is 18.9 Å². The smallest absolute Gasteiger partial charge is 0.134 e. The average Bonchev–Trinajstić information content (AvgIpc) is 2.51. The Morgan fingerprint density at radius 1 is 1.38 bits per heavy atom. The molecule has 0 radical (unpaired) electrons. The Balaban J connectivity index is 2.51. The van der Waals surface area contributed by atoms with E-state index in [9.17, 15) is 4.79 Å². The molecular formula is C9H11N3O. The molecule has 0 spiro atoms. The molecule has 1 rings (SSSR count). The normalized spacial score (nSPS) is 21.5. The van der Waals surface area contributed by atoms with E-state index < -0.39 is 0 Å². The third-order valence-electron chi connectivity index (χ3n) is 2.28. The van der Waals surface area contributed by atoms with Crippen molar-refractivity contribution in [1.82, 2.24) is 4.90 Å². The zero-order valence-corrected chi connectivity index (χ0v) is 7.36. The summed E-state index contributed by atoms with van der Waals surface area (Å²) in [6.45, 7) is 0.483. The minimum Gasteiger partial charge on any atom is -0.300 e. The second-order valence-corrected chi connectivity index (χ2v) is 3.16. The summed E-state index contributed by atoms with van der Waals surface area (Å²) < 4.78 is 0. The maximum atomic E-state index is 11.0. The third kappa shape index (κ3) is 2.54. The number of ketones is 1. The van der Waals surface area contributed by atoms with Crippen molar-refractivity contribution in [3.8, 4) is 12.1 Å². The first-order valence-electron chi connectivity index (χ1n) is 4.27. The average molecular weight is 177 g/mol. The van der Waals surface area contributed by atoms with Crippen LogP contribution >= 0.6 is 0 Å². The Kier molecular flexibility index (Phi) is 3.42. The first kappa shape index (κ1) is 9.70. The van der Waals surface area contributed by atoms with Crippen LogP contribution in [0.4, 0.5) is 0 Å². The van der Waals surface area contributed by atoms with Crippen molar-refractivity contribution in [1.29, 1.82) is 10.5 Å².